The van der Waals surface area contributed by atoms with Crippen molar-refractivity contribution in [1.82, 2.24) is 0 Å². The minimum atomic E-state index is 0.600. The summed E-state index contributed by atoms with van der Waals surface area (Å²) in [7, 11) is 0. The molecule has 0 saturated heterocycles. The molecule has 96 valence electrons. The summed E-state index contributed by atoms with van der Waals surface area (Å²) in [5.41, 5.74) is 4.69. The lowest BCUT2D eigenvalue weighted by molar-refractivity contribution is 1.45. The van der Waals surface area contributed by atoms with Crippen molar-refractivity contribution in [2.75, 3.05) is 10.6 Å². The zero-order chi connectivity index (χ0) is 13.4. The molecule has 1 heterocycles. The van der Waals surface area contributed by atoms with Crippen LogP contribution in [-0.4, -0.2) is 5.84 Å². The van der Waals surface area contributed by atoms with Crippen LogP contribution in [0, 0.1) is 6.92 Å². The number of amidine groups is 1. The SMILES string of the molecule is Cc1cc2c(cc1Cl)NC(=NCl)c1ccccc1N2. The van der Waals surface area contributed by atoms with E-state index in [0.717, 1.165) is 28.2 Å². The lowest BCUT2D eigenvalue weighted by atomic mass is 10.1. The van der Waals surface area contributed by atoms with Crippen molar-refractivity contribution in [3.05, 3.63) is 52.5 Å². The molecule has 0 unspecified atom stereocenters. The Bertz CT molecular complexity index is 680. The van der Waals surface area contributed by atoms with Crippen LogP contribution in [0.5, 0.6) is 0 Å². The van der Waals surface area contributed by atoms with E-state index < -0.39 is 0 Å². The molecule has 0 aromatic heterocycles. The van der Waals surface area contributed by atoms with Gasteiger partial charge in [0.25, 0.3) is 0 Å². The normalized spacial score (nSPS) is 15.0. The summed E-state index contributed by atoms with van der Waals surface area (Å²) in [4.78, 5) is 0. The molecule has 3 nitrogen and oxygen atoms in total. The predicted octanol–water partition coefficient (Wildman–Crippen LogP) is 4.72. The summed E-state index contributed by atoms with van der Waals surface area (Å²) in [5.74, 6) is 0.600. The Kier molecular flexibility index (Phi) is 3.09. The third-order valence-electron chi connectivity index (χ3n) is 3.09. The number of hydrogen-bond donors (Lipinski definition) is 2. The summed E-state index contributed by atoms with van der Waals surface area (Å²) in [5, 5.41) is 7.28. The fourth-order valence-electron chi connectivity index (χ4n) is 2.09. The number of aryl methyl sites for hydroxylation is 1. The van der Waals surface area contributed by atoms with Gasteiger partial charge in [0.1, 0.15) is 0 Å². The summed E-state index contributed by atoms with van der Waals surface area (Å²) >= 11 is 11.8. The Morgan fingerprint density at radius 2 is 1.74 bits per heavy atom. The number of para-hydroxylation sites is 1. The van der Waals surface area contributed by atoms with Gasteiger partial charge >= 0.3 is 0 Å². The van der Waals surface area contributed by atoms with Crippen LogP contribution < -0.4 is 10.6 Å². The van der Waals surface area contributed by atoms with E-state index >= 15 is 0 Å². The highest BCUT2D eigenvalue weighted by molar-refractivity contribution is 6.32. The van der Waals surface area contributed by atoms with Crippen molar-refractivity contribution in [3.8, 4) is 0 Å². The van der Waals surface area contributed by atoms with Gasteiger partial charge in [-0.1, -0.05) is 23.7 Å². The number of nitrogens with one attached hydrogen (secondary N) is 2. The van der Waals surface area contributed by atoms with Gasteiger partial charge in [0.15, 0.2) is 5.84 Å². The Morgan fingerprint density at radius 1 is 1.00 bits per heavy atom. The first kappa shape index (κ1) is 12.3. The fraction of sp³-hybridized carbons (Fsp3) is 0.0714. The first-order chi connectivity index (χ1) is 9.19. The van der Waals surface area contributed by atoms with Gasteiger partial charge in [-0.3, -0.25) is 0 Å². The molecule has 0 spiro atoms. The lowest BCUT2D eigenvalue weighted by Gasteiger charge is -2.11. The van der Waals surface area contributed by atoms with Crippen LogP contribution in [0.25, 0.3) is 0 Å². The maximum Gasteiger partial charge on any atom is 0.154 e. The molecular formula is C14H11Cl2N3. The van der Waals surface area contributed by atoms with E-state index in [1.54, 1.807) is 0 Å². The zero-order valence-corrected chi connectivity index (χ0v) is 11.7. The summed E-state index contributed by atoms with van der Waals surface area (Å²) < 4.78 is 3.79. The molecule has 2 aromatic rings. The maximum absolute atomic E-state index is 6.16. The molecular weight excluding hydrogens is 281 g/mol. The third kappa shape index (κ3) is 2.15. The van der Waals surface area contributed by atoms with Crippen molar-refractivity contribution in [2.24, 2.45) is 4.51 Å². The van der Waals surface area contributed by atoms with E-state index in [2.05, 4.69) is 15.1 Å². The van der Waals surface area contributed by atoms with Crippen molar-refractivity contribution in [3.63, 3.8) is 0 Å². The van der Waals surface area contributed by atoms with Crippen LogP contribution in [0.2, 0.25) is 5.02 Å². The van der Waals surface area contributed by atoms with Gasteiger partial charge < -0.3 is 10.6 Å². The molecule has 3 rings (SSSR count). The van der Waals surface area contributed by atoms with Crippen LogP contribution in [-0.2, 0) is 0 Å². The van der Waals surface area contributed by atoms with Crippen LogP contribution in [0.4, 0.5) is 17.1 Å². The molecule has 0 atom stereocenters. The molecule has 0 bridgehead atoms. The summed E-state index contributed by atoms with van der Waals surface area (Å²) in [6.07, 6.45) is 0. The molecule has 1 aliphatic heterocycles. The predicted molar refractivity (Wildman–Crippen MR) is 81.9 cm³/mol. The fourth-order valence-corrected chi connectivity index (χ4v) is 2.39. The highest BCUT2D eigenvalue weighted by atomic mass is 35.5. The van der Waals surface area contributed by atoms with Crippen molar-refractivity contribution in [2.45, 2.75) is 6.92 Å². The highest BCUT2D eigenvalue weighted by Crippen LogP contribution is 2.35. The second kappa shape index (κ2) is 4.76. The average Bonchev–Trinajstić information content (AvgIpc) is 2.56. The summed E-state index contributed by atoms with van der Waals surface area (Å²) in [6, 6.07) is 11.7. The second-order valence-corrected chi connectivity index (χ2v) is 4.95. The van der Waals surface area contributed by atoms with Gasteiger partial charge in [-0.15, -0.1) is 0 Å². The number of halogens is 2. The first-order valence-corrected chi connectivity index (χ1v) is 6.53. The van der Waals surface area contributed by atoms with Gasteiger partial charge in [-0.2, -0.15) is 4.51 Å². The molecule has 19 heavy (non-hydrogen) atoms. The monoisotopic (exact) mass is 291 g/mol. The number of fused-ring (bicyclic) bond motifs is 2. The molecule has 0 saturated carbocycles. The van der Waals surface area contributed by atoms with Gasteiger partial charge in [0.05, 0.1) is 11.4 Å². The van der Waals surface area contributed by atoms with Gasteiger partial charge in [-0.05, 0) is 36.8 Å². The largest absolute Gasteiger partial charge is 0.353 e. The van der Waals surface area contributed by atoms with E-state index in [9.17, 15) is 0 Å². The van der Waals surface area contributed by atoms with E-state index in [-0.39, 0.29) is 0 Å². The minimum absolute atomic E-state index is 0.600. The van der Waals surface area contributed by atoms with Crippen molar-refractivity contribution in [1.29, 1.82) is 0 Å². The molecule has 0 fully saturated rings. The van der Waals surface area contributed by atoms with Crippen LogP contribution in [0.3, 0.4) is 0 Å². The van der Waals surface area contributed by atoms with Gasteiger partial charge in [0, 0.05) is 28.1 Å². The molecule has 2 aromatic carbocycles. The Morgan fingerprint density at radius 3 is 2.53 bits per heavy atom. The Labute approximate surface area is 121 Å². The number of rotatable bonds is 0. The lowest BCUT2D eigenvalue weighted by Crippen LogP contribution is -2.11. The van der Waals surface area contributed by atoms with E-state index in [0.29, 0.717) is 10.9 Å². The average molecular weight is 292 g/mol. The van der Waals surface area contributed by atoms with Crippen molar-refractivity contribution < 1.29 is 0 Å². The molecule has 1 aliphatic rings. The smallest absolute Gasteiger partial charge is 0.154 e. The van der Waals surface area contributed by atoms with E-state index in [1.165, 1.54) is 0 Å². The van der Waals surface area contributed by atoms with Crippen molar-refractivity contribution >= 4 is 46.3 Å². The maximum atomic E-state index is 6.16. The Balaban J connectivity index is 2.21. The Hall–Kier alpha value is -1.71. The third-order valence-corrected chi connectivity index (χ3v) is 3.66. The van der Waals surface area contributed by atoms with E-state index in [4.69, 9.17) is 23.4 Å². The number of anilines is 3. The molecule has 0 aliphatic carbocycles. The molecule has 0 radical (unpaired) electrons. The topological polar surface area (TPSA) is 36.4 Å². The van der Waals surface area contributed by atoms with Crippen LogP contribution in [0.15, 0.2) is 40.9 Å². The highest BCUT2D eigenvalue weighted by Gasteiger charge is 2.17. The van der Waals surface area contributed by atoms with E-state index in [1.807, 2.05) is 43.3 Å². The molecule has 0 amide bonds. The molecule has 2 N–H and O–H groups in total. The standard InChI is InChI=1S/C14H11Cl2N3/c1-8-6-12-13(7-10(8)15)18-14(19-16)9-4-2-3-5-11(9)17-12/h2-7,17H,1H3,(H,18,19). The van der Waals surface area contributed by atoms with Gasteiger partial charge in [-0.25, -0.2) is 0 Å². The quantitative estimate of drug-likeness (QED) is 0.737. The molecule has 5 heteroatoms. The van der Waals surface area contributed by atoms with Gasteiger partial charge in [0.2, 0.25) is 0 Å². The summed E-state index contributed by atoms with van der Waals surface area (Å²) in [6.45, 7) is 1.97. The second-order valence-electron chi connectivity index (χ2n) is 4.38. The first-order valence-electron chi connectivity index (χ1n) is 5.81. The number of nitrogens with zero attached hydrogens (tertiary/aromatic N) is 1. The number of hydrogen-bond acceptors (Lipinski definition) is 2. The number of benzene rings is 2. The van der Waals surface area contributed by atoms with Crippen LogP contribution in [0.1, 0.15) is 11.1 Å². The van der Waals surface area contributed by atoms with Crippen LogP contribution >= 0.6 is 23.4 Å². The minimum Gasteiger partial charge on any atom is -0.353 e. The zero-order valence-electron chi connectivity index (χ0n) is 10.2.